The molecule has 3 aromatic rings. The summed E-state index contributed by atoms with van der Waals surface area (Å²) in [5.74, 6) is 0.944. The second-order valence-electron chi connectivity index (χ2n) is 5.32. The molecule has 0 spiro atoms. The van der Waals surface area contributed by atoms with E-state index >= 15 is 0 Å². The number of carboxylic acids is 1. The van der Waals surface area contributed by atoms with Gasteiger partial charge in [-0.2, -0.15) is 0 Å². The summed E-state index contributed by atoms with van der Waals surface area (Å²) < 4.78 is 21.3. The molecule has 2 aromatic carbocycles. The second-order valence-corrected chi connectivity index (χ2v) is 5.32. The van der Waals surface area contributed by atoms with Crippen molar-refractivity contribution in [3.63, 3.8) is 0 Å². The number of hydrogen-bond acceptors (Lipinski definition) is 6. The first-order chi connectivity index (χ1) is 12.6. The molecule has 3 rings (SSSR count). The summed E-state index contributed by atoms with van der Waals surface area (Å²) in [6.07, 6.45) is 0. The summed E-state index contributed by atoms with van der Waals surface area (Å²) in [6.45, 7) is -0.447. The van der Waals surface area contributed by atoms with E-state index < -0.39 is 12.6 Å². The molecule has 0 radical (unpaired) electrons. The minimum Gasteiger partial charge on any atom is -0.496 e. The van der Waals surface area contributed by atoms with Crippen LogP contribution in [0.3, 0.4) is 0 Å². The molecule has 1 N–H and O–H groups in total. The maximum absolute atomic E-state index is 10.7. The van der Waals surface area contributed by atoms with Gasteiger partial charge in [0.15, 0.2) is 23.9 Å². The van der Waals surface area contributed by atoms with Crippen LogP contribution >= 0.6 is 0 Å². The van der Waals surface area contributed by atoms with Crippen molar-refractivity contribution in [1.82, 2.24) is 5.16 Å². The smallest absolute Gasteiger partial charge is 0.341 e. The summed E-state index contributed by atoms with van der Waals surface area (Å²) in [4.78, 5) is 10.7. The third-order valence-corrected chi connectivity index (χ3v) is 3.69. The van der Waals surface area contributed by atoms with Crippen molar-refractivity contribution in [1.29, 1.82) is 0 Å². The van der Waals surface area contributed by atoms with Crippen molar-refractivity contribution in [2.45, 2.75) is 0 Å². The van der Waals surface area contributed by atoms with Gasteiger partial charge in [-0.15, -0.1) is 0 Å². The Morgan fingerprint density at radius 2 is 1.81 bits per heavy atom. The van der Waals surface area contributed by atoms with E-state index in [-0.39, 0.29) is 0 Å². The van der Waals surface area contributed by atoms with E-state index in [1.165, 1.54) is 7.11 Å². The largest absolute Gasteiger partial charge is 0.496 e. The molecule has 0 saturated heterocycles. The third kappa shape index (κ3) is 3.61. The van der Waals surface area contributed by atoms with Crippen molar-refractivity contribution in [3.8, 4) is 39.8 Å². The number of para-hydroxylation sites is 1. The van der Waals surface area contributed by atoms with Gasteiger partial charge in [0.05, 0.1) is 19.8 Å². The predicted molar refractivity (Wildman–Crippen MR) is 93.6 cm³/mol. The first-order valence-electron chi connectivity index (χ1n) is 7.75. The number of aliphatic carboxylic acids is 1. The monoisotopic (exact) mass is 355 g/mol. The van der Waals surface area contributed by atoms with Gasteiger partial charge in [-0.3, -0.25) is 0 Å². The molecule has 0 fully saturated rings. The maximum Gasteiger partial charge on any atom is 0.341 e. The number of nitrogens with zero attached hydrogens (tertiary/aromatic N) is 1. The summed E-state index contributed by atoms with van der Waals surface area (Å²) in [5.41, 5.74) is 2.14. The minimum atomic E-state index is -1.06. The van der Waals surface area contributed by atoms with Crippen LogP contribution in [0, 0.1) is 0 Å². The fourth-order valence-corrected chi connectivity index (χ4v) is 2.47. The normalized spacial score (nSPS) is 10.4. The van der Waals surface area contributed by atoms with Crippen LogP contribution in [0.2, 0.25) is 0 Å². The summed E-state index contributed by atoms with van der Waals surface area (Å²) in [6, 6.07) is 14.4. The number of aromatic nitrogens is 1. The van der Waals surface area contributed by atoms with Crippen LogP contribution in [0.15, 0.2) is 53.1 Å². The van der Waals surface area contributed by atoms with Crippen LogP contribution in [0.5, 0.6) is 17.2 Å². The Morgan fingerprint density at radius 3 is 2.54 bits per heavy atom. The highest BCUT2D eigenvalue weighted by Gasteiger charge is 2.15. The van der Waals surface area contributed by atoms with Gasteiger partial charge in [0, 0.05) is 11.6 Å². The molecule has 0 bridgehead atoms. The highest BCUT2D eigenvalue weighted by atomic mass is 16.5. The van der Waals surface area contributed by atoms with E-state index in [0.717, 1.165) is 11.1 Å². The van der Waals surface area contributed by atoms with Crippen LogP contribution in [0.4, 0.5) is 0 Å². The van der Waals surface area contributed by atoms with Crippen LogP contribution in [-0.4, -0.2) is 37.1 Å². The zero-order chi connectivity index (χ0) is 18.5. The molecule has 0 unspecified atom stereocenters. The van der Waals surface area contributed by atoms with E-state index in [2.05, 4.69) is 5.16 Å². The van der Waals surface area contributed by atoms with Gasteiger partial charge in [0.1, 0.15) is 11.4 Å². The molecule has 7 heteroatoms. The van der Waals surface area contributed by atoms with Crippen molar-refractivity contribution in [2.75, 3.05) is 20.8 Å². The molecule has 0 aliphatic heterocycles. The zero-order valence-electron chi connectivity index (χ0n) is 14.3. The lowest BCUT2D eigenvalue weighted by Crippen LogP contribution is -2.10. The lowest BCUT2D eigenvalue weighted by Gasteiger charge is -2.09. The maximum atomic E-state index is 10.7. The Bertz CT molecular complexity index is 918. The molecule has 26 heavy (non-hydrogen) atoms. The number of hydrogen-bond donors (Lipinski definition) is 1. The highest BCUT2D eigenvalue weighted by Crippen LogP contribution is 2.35. The number of carbonyl (C=O) groups is 1. The SMILES string of the molecule is COc1cc(-c2cc(-c3ccccc3OC)on2)ccc1OCC(=O)O. The van der Waals surface area contributed by atoms with E-state index in [1.807, 2.05) is 24.3 Å². The van der Waals surface area contributed by atoms with E-state index in [1.54, 1.807) is 31.4 Å². The molecule has 1 aromatic heterocycles. The molecular formula is C19H17NO6. The Morgan fingerprint density at radius 1 is 1.04 bits per heavy atom. The standard InChI is InChI=1S/C19H17NO6/c1-23-15-6-4-3-5-13(15)17-10-14(20-26-17)12-7-8-16(18(9-12)24-2)25-11-19(21)22/h3-10H,11H2,1-2H3,(H,21,22). The van der Waals surface area contributed by atoms with Crippen molar-refractivity contribution < 1.29 is 28.6 Å². The first kappa shape index (κ1) is 17.3. The van der Waals surface area contributed by atoms with Gasteiger partial charge in [-0.05, 0) is 30.3 Å². The Hall–Kier alpha value is -3.48. The van der Waals surface area contributed by atoms with Gasteiger partial charge in [0.25, 0.3) is 0 Å². The van der Waals surface area contributed by atoms with Crippen LogP contribution in [-0.2, 0) is 4.79 Å². The second kappa shape index (κ2) is 7.60. The third-order valence-electron chi connectivity index (χ3n) is 3.69. The number of carboxylic acid groups (broad SMARTS) is 1. The average Bonchev–Trinajstić information content (AvgIpc) is 3.16. The molecule has 0 saturated carbocycles. The summed E-state index contributed by atoms with van der Waals surface area (Å²) >= 11 is 0. The fraction of sp³-hybridized carbons (Fsp3) is 0.158. The van der Waals surface area contributed by atoms with Gasteiger partial charge in [-0.1, -0.05) is 17.3 Å². The molecular weight excluding hydrogens is 338 g/mol. The molecule has 134 valence electrons. The number of ether oxygens (including phenoxy) is 3. The molecule has 7 nitrogen and oxygen atoms in total. The van der Waals surface area contributed by atoms with Crippen LogP contribution < -0.4 is 14.2 Å². The van der Waals surface area contributed by atoms with E-state index in [0.29, 0.717) is 28.7 Å². The molecule has 0 aliphatic carbocycles. The van der Waals surface area contributed by atoms with Crippen molar-refractivity contribution in [3.05, 3.63) is 48.5 Å². The number of rotatable bonds is 7. The fourth-order valence-electron chi connectivity index (χ4n) is 2.47. The molecule has 0 atom stereocenters. The Labute approximate surface area is 149 Å². The van der Waals surface area contributed by atoms with Gasteiger partial charge in [0.2, 0.25) is 0 Å². The van der Waals surface area contributed by atoms with Crippen molar-refractivity contribution >= 4 is 5.97 Å². The number of methoxy groups -OCH3 is 2. The Kier molecular flexibility index (Phi) is 5.07. The molecule has 1 heterocycles. The lowest BCUT2D eigenvalue weighted by atomic mass is 10.1. The quantitative estimate of drug-likeness (QED) is 0.693. The topological polar surface area (TPSA) is 91.0 Å². The van der Waals surface area contributed by atoms with E-state index in [9.17, 15) is 4.79 Å². The van der Waals surface area contributed by atoms with Crippen molar-refractivity contribution in [2.24, 2.45) is 0 Å². The van der Waals surface area contributed by atoms with Crippen LogP contribution in [0.25, 0.3) is 22.6 Å². The summed E-state index contributed by atoms with van der Waals surface area (Å²) in [7, 11) is 3.08. The first-order valence-corrected chi connectivity index (χ1v) is 7.75. The average molecular weight is 355 g/mol. The number of benzene rings is 2. The molecule has 0 aliphatic rings. The van der Waals surface area contributed by atoms with Gasteiger partial charge >= 0.3 is 5.97 Å². The molecule has 0 amide bonds. The summed E-state index contributed by atoms with van der Waals surface area (Å²) in [5, 5.41) is 12.8. The minimum absolute atomic E-state index is 0.340. The predicted octanol–water partition coefficient (Wildman–Crippen LogP) is 3.49. The zero-order valence-corrected chi connectivity index (χ0v) is 14.3. The highest BCUT2D eigenvalue weighted by molar-refractivity contribution is 5.72. The Balaban J connectivity index is 1.90. The van der Waals surface area contributed by atoms with E-state index in [4.69, 9.17) is 23.8 Å². The lowest BCUT2D eigenvalue weighted by molar-refractivity contribution is -0.139. The van der Waals surface area contributed by atoms with Gasteiger partial charge < -0.3 is 23.8 Å². The van der Waals surface area contributed by atoms with Gasteiger partial charge in [-0.25, -0.2) is 4.79 Å². The van der Waals surface area contributed by atoms with Crippen LogP contribution in [0.1, 0.15) is 0 Å².